The molecule has 0 spiro atoms. The summed E-state index contributed by atoms with van der Waals surface area (Å²) in [6.07, 6.45) is 32.9. The third kappa shape index (κ3) is 34.2. The highest BCUT2D eigenvalue weighted by Gasteiger charge is 2.51. The van der Waals surface area contributed by atoms with E-state index in [1.165, 1.54) is 186 Å². The van der Waals surface area contributed by atoms with Gasteiger partial charge in [-0.1, -0.05) is 239 Å². The predicted molar refractivity (Wildman–Crippen MR) is 263 cm³/mol. The fourth-order valence-corrected chi connectivity index (χ4v) is 9.79. The minimum absolute atomic E-state index is 0.105. The molecule has 13 nitrogen and oxygen atoms in total. The Morgan fingerprint density at radius 2 is 0.682 bits per heavy atom. The number of carbonyl (C=O) groups is 2. The molecule has 1 aliphatic rings. The molecule has 0 aromatic heterocycles. The molecule has 1 saturated carbocycles. The average molecular weight is 965 g/mol. The van der Waals surface area contributed by atoms with Crippen molar-refractivity contribution in [3.8, 4) is 0 Å². The number of hydrogen-bond acceptors (Lipinski definition) is 12. The van der Waals surface area contributed by atoms with Gasteiger partial charge in [-0.05, 0) is 12.8 Å². The van der Waals surface area contributed by atoms with Gasteiger partial charge >= 0.3 is 19.8 Å². The van der Waals surface area contributed by atoms with Gasteiger partial charge in [0, 0.05) is 12.8 Å². The summed E-state index contributed by atoms with van der Waals surface area (Å²) in [6.45, 7) is 3.36. The van der Waals surface area contributed by atoms with Crippen LogP contribution in [0.25, 0.3) is 0 Å². The van der Waals surface area contributed by atoms with E-state index in [-0.39, 0.29) is 12.8 Å². The molecule has 0 amide bonds. The van der Waals surface area contributed by atoms with Crippen LogP contribution in [0.1, 0.15) is 264 Å². The highest BCUT2D eigenvalue weighted by atomic mass is 31.2. The van der Waals surface area contributed by atoms with Gasteiger partial charge < -0.3 is 39.9 Å². The van der Waals surface area contributed by atoms with Crippen LogP contribution in [0.5, 0.6) is 0 Å². The van der Waals surface area contributed by atoms with Crippen LogP contribution in [0.2, 0.25) is 0 Å². The van der Waals surface area contributed by atoms with E-state index in [1.807, 2.05) is 0 Å². The van der Waals surface area contributed by atoms with Gasteiger partial charge in [-0.2, -0.15) is 0 Å². The summed E-state index contributed by atoms with van der Waals surface area (Å²) in [4.78, 5) is 35.9. The zero-order chi connectivity index (χ0) is 48.5. The van der Waals surface area contributed by atoms with Crippen LogP contribution < -0.4 is 0 Å². The minimum atomic E-state index is -5.12. The van der Waals surface area contributed by atoms with Crippen molar-refractivity contribution in [2.45, 2.75) is 307 Å². The lowest BCUT2D eigenvalue weighted by Gasteiger charge is -2.41. The van der Waals surface area contributed by atoms with Gasteiger partial charge in [0.25, 0.3) is 0 Å². The normalized spacial score (nSPS) is 21.2. The molecular weight excluding hydrogens is 864 g/mol. The summed E-state index contributed by atoms with van der Waals surface area (Å²) < 4.78 is 33.7. The monoisotopic (exact) mass is 965 g/mol. The van der Waals surface area contributed by atoms with Crippen LogP contribution >= 0.6 is 7.82 Å². The van der Waals surface area contributed by atoms with Crippen molar-refractivity contribution < 1.29 is 63.1 Å². The molecule has 0 heterocycles. The first-order valence-corrected chi connectivity index (χ1v) is 28.8. The molecule has 8 atom stereocenters. The van der Waals surface area contributed by atoms with Crippen LogP contribution in [0.3, 0.4) is 0 Å². The van der Waals surface area contributed by atoms with E-state index in [9.17, 15) is 44.6 Å². The van der Waals surface area contributed by atoms with Gasteiger partial charge in [0.1, 0.15) is 43.2 Å². The molecular formula is C52H101O13P. The fraction of sp³-hybridized carbons (Fsp3) is 0.962. The Morgan fingerprint density at radius 1 is 0.409 bits per heavy atom. The first kappa shape index (κ1) is 62.9. The van der Waals surface area contributed by atoms with Gasteiger partial charge in [0.2, 0.25) is 0 Å². The second kappa shape index (κ2) is 42.7. The second-order valence-electron chi connectivity index (χ2n) is 19.5. The lowest BCUT2D eigenvalue weighted by atomic mass is 9.85. The Balaban J connectivity index is 2.34. The standard InChI is InChI=1S/C52H101O13P/c1-3-5-7-9-11-13-15-17-19-21-22-23-25-26-28-30-32-34-36-38-40-45(53)62-42-44(43-63-66(60,61)65-52-50(58)48(56)47(55)49(57)51(52)59)64-46(54)41-39-37-35-33-31-29-27-24-20-18-16-14-12-10-8-6-4-2/h44,47-52,55-59H,3-43H2,1-2H3,(H,60,61)/t44-,47?,48-,49?,50?,51?,52?/m0/s1. The molecule has 0 aliphatic heterocycles. The van der Waals surface area contributed by atoms with E-state index in [0.717, 1.165) is 38.5 Å². The first-order valence-electron chi connectivity index (χ1n) is 27.3. The lowest BCUT2D eigenvalue weighted by Crippen LogP contribution is -2.64. The molecule has 0 radical (unpaired) electrons. The van der Waals surface area contributed by atoms with Gasteiger partial charge in [-0.25, -0.2) is 4.57 Å². The number of phosphoric ester groups is 1. The molecule has 6 unspecified atom stereocenters. The average Bonchev–Trinajstić information content (AvgIpc) is 3.30. The van der Waals surface area contributed by atoms with Gasteiger partial charge in [-0.3, -0.25) is 18.6 Å². The third-order valence-corrected chi connectivity index (χ3v) is 14.2. The second-order valence-corrected chi connectivity index (χ2v) is 20.9. The molecule has 14 heteroatoms. The molecule has 0 saturated heterocycles. The Morgan fingerprint density at radius 3 is 1.00 bits per heavy atom. The van der Waals surface area contributed by atoms with Crippen molar-refractivity contribution in [2.75, 3.05) is 13.2 Å². The Bertz CT molecular complexity index is 1160. The van der Waals surface area contributed by atoms with E-state index in [4.69, 9.17) is 18.5 Å². The van der Waals surface area contributed by atoms with Crippen LogP contribution in [0.15, 0.2) is 0 Å². The van der Waals surface area contributed by atoms with E-state index in [1.54, 1.807) is 0 Å². The number of esters is 2. The molecule has 1 fully saturated rings. The highest BCUT2D eigenvalue weighted by Crippen LogP contribution is 2.47. The van der Waals surface area contributed by atoms with Crippen molar-refractivity contribution in [3.05, 3.63) is 0 Å². The summed E-state index contributed by atoms with van der Waals surface area (Å²) in [5.74, 6) is -1.08. The lowest BCUT2D eigenvalue weighted by molar-refractivity contribution is -0.220. The summed E-state index contributed by atoms with van der Waals surface area (Å²) in [6, 6.07) is 0. The largest absolute Gasteiger partial charge is 0.472 e. The predicted octanol–water partition coefficient (Wildman–Crippen LogP) is 12.0. The number of ether oxygens (including phenoxy) is 2. The summed E-state index contributed by atoms with van der Waals surface area (Å²) >= 11 is 0. The number of carbonyl (C=O) groups excluding carboxylic acids is 2. The highest BCUT2D eigenvalue weighted by molar-refractivity contribution is 7.47. The van der Waals surface area contributed by atoms with E-state index in [2.05, 4.69) is 13.8 Å². The topological polar surface area (TPSA) is 210 Å². The first-order chi connectivity index (χ1) is 31.9. The van der Waals surface area contributed by atoms with Gasteiger partial charge in [-0.15, -0.1) is 0 Å². The molecule has 0 aromatic rings. The van der Waals surface area contributed by atoms with Crippen molar-refractivity contribution in [1.82, 2.24) is 0 Å². The molecule has 392 valence electrons. The Hall–Kier alpha value is -1.15. The maximum atomic E-state index is 12.9. The molecule has 6 N–H and O–H groups in total. The van der Waals surface area contributed by atoms with E-state index >= 15 is 0 Å². The third-order valence-electron chi connectivity index (χ3n) is 13.2. The molecule has 1 rings (SSSR count). The number of hydrogen-bond donors (Lipinski definition) is 6. The zero-order valence-electron chi connectivity index (χ0n) is 42.0. The minimum Gasteiger partial charge on any atom is -0.462 e. The summed E-state index contributed by atoms with van der Waals surface area (Å²) in [7, 11) is -5.12. The molecule has 0 aromatic carbocycles. The SMILES string of the molecule is CCCCCCCCCCCCCCCCCCCCCCC(=O)OC[C@@H](COP(=O)(O)OC1C(O)C(O)C(O)[C@H](O)C1O)OC(=O)CCCCCCCCCCCCCCCCCCC. The smallest absolute Gasteiger partial charge is 0.462 e. The van der Waals surface area contributed by atoms with E-state index < -0.39 is 75.7 Å². The van der Waals surface area contributed by atoms with Crippen molar-refractivity contribution in [1.29, 1.82) is 0 Å². The van der Waals surface area contributed by atoms with E-state index in [0.29, 0.717) is 12.8 Å². The number of aliphatic hydroxyl groups excluding tert-OH is 5. The Labute approximate surface area is 401 Å². The number of rotatable bonds is 47. The number of unbranched alkanes of at least 4 members (excludes halogenated alkanes) is 35. The molecule has 0 bridgehead atoms. The summed E-state index contributed by atoms with van der Waals surface area (Å²) in [5, 5.41) is 50.3. The van der Waals surface area contributed by atoms with Gasteiger partial charge in [0.05, 0.1) is 6.61 Å². The quantitative estimate of drug-likeness (QED) is 0.0191. The van der Waals surface area contributed by atoms with Gasteiger partial charge in [0.15, 0.2) is 6.10 Å². The van der Waals surface area contributed by atoms with Crippen molar-refractivity contribution in [2.24, 2.45) is 0 Å². The molecule has 66 heavy (non-hydrogen) atoms. The number of aliphatic hydroxyl groups is 5. The maximum absolute atomic E-state index is 12.9. The van der Waals surface area contributed by atoms with Crippen LogP contribution in [-0.2, 0) is 32.7 Å². The van der Waals surface area contributed by atoms with Crippen molar-refractivity contribution in [3.63, 3.8) is 0 Å². The molecule has 1 aliphatic carbocycles. The fourth-order valence-electron chi connectivity index (χ4n) is 8.82. The number of phosphoric acid groups is 1. The van der Waals surface area contributed by atoms with Crippen LogP contribution in [0.4, 0.5) is 0 Å². The van der Waals surface area contributed by atoms with Crippen LogP contribution in [-0.4, -0.2) is 98.3 Å². The zero-order valence-corrected chi connectivity index (χ0v) is 42.9. The Kier molecular flexibility index (Phi) is 40.7. The van der Waals surface area contributed by atoms with Crippen LogP contribution in [0, 0.1) is 0 Å². The summed E-state index contributed by atoms with van der Waals surface area (Å²) in [5.41, 5.74) is 0. The maximum Gasteiger partial charge on any atom is 0.472 e. The van der Waals surface area contributed by atoms with Crippen molar-refractivity contribution >= 4 is 19.8 Å².